The minimum absolute atomic E-state index is 0.354. The lowest BCUT2D eigenvalue weighted by Gasteiger charge is -2.08. The Morgan fingerprint density at radius 3 is 2.53 bits per heavy atom. The molecule has 5 nitrogen and oxygen atoms in total. The summed E-state index contributed by atoms with van der Waals surface area (Å²) in [5.74, 6) is -1.07. The number of rotatable bonds is 4. The van der Waals surface area contributed by atoms with E-state index in [-0.39, 0.29) is 6.54 Å². The first-order valence-electron chi connectivity index (χ1n) is 5.87. The van der Waals surface area contributed by atoms with E-state index >= 15 is 0 Å². The Bertz CT molecular complexity index is 605. The Morgan fingerprint density at radius 1 is 1.00 bits per heavy atom. The number of amides is 2. The molecule has 0 saturated carbocycles. The van der Waals surface area contributed by atoms with Gasteiger partial charge in [-0.05, 0) is 16.3 Å². The fraction of sp³-hybridized carbons (Fsp3) is 0.143. The molecule has 5 heteroatoms. The van der Waals surface area contributed by atoms with E-state index in [0.717, 1.165) is 16.3 Å². The predicted molar refractivity (Wildman–Crippen MR) is 71.8 cm³/mol. The van der Waals surface area contributed by atoms with E-state index in [1.807, 2.05) is 42.5 Å². The molecule has 19 heavy (non-hydrogen) atoms. The number of hydrogen-bond donors (Lipinski definition) is 3. The molecule has 0 unspecified atom stereocenters. The normalized spacial score (nSPS) is 10.1. The molecule has 0 aliphatic heterocycles. The topological polar surface area (TPSA) is 78.4 Å². The van der Waals surface area contributed by atoms with Gasteiger partial charge in [0, 0.05) is 6.54 Å². The van der Waals surface area contributed by atoms with Crippen molar-refractivity contribution in [2.75, 3.05) is 6.54 Å². The molecule has 2 rings (SSSR count). The van der Waals surface area contributed by atoms with E-state index in [4.69, 9.17) is 5.11 Å². The third-order valence-electron chi connectivity index (χ3n) is 2.72. The lowest BCUT2D eigenvalue weighted by atomic mass is 10.0. The first-order chi connectivity index (χ1) is 9.16. The van der Waals surface area contributed by atoms with E-state index in [0.29, 0.717) is 6.54 Å². The van der Waals surface area contributed by atoms with Gasteiger partial charge in [-0.25, -0.2) is 4.79 Å². The first-order valence-corrected chi connectivity index (χ1v) is 5.87. The fourth-order valence-corrected chi connectivity index (χ4v) is 1.84. The van der Waals surface area contributed by atoms with Crippen LogP contribution in [0.15, 0.2) is 42.5 Å². The Labute approximate surface area is 110 Å². The van der Waals surface area contributed by atoms with Gasteiger partial charge in [0.05, 0.1) is 0 Å². The van der Waals surface area contributed by atoms with Gasteiger partial charge in [0.1, 0.15) is 6.54 Å². The van der Waals surface area contributed by atoms with Crippen LogP contribution in [0.2, 0.25) is 0 Å². The Morgan fingerprint density at radius 2 is 1.74 bits per heavy atom. The van der Waals surface area contributed by atoms with Crippen LogP contribution >= 0.6 is 0 Å². The maximum Gasteiger partial charge on any atom is 0.323 e. The molecule has 0 radical (unpaired) electrons. The van der Waals surface area contributed by atoms with Gasteiger partial charge in [0.2, 0.25) is 0 Å². The summed E-state index contributed by atoms with van der Waals surface area (Å²) >= 11 is 0. The van der Waals surface area contributed by atoms with Gasteiger partial charge in [-0.15, -0.1) is 0 Å². The Balaban J connectivity index is 2.02. The lowest BCUT2D eigenvalue weighted by Crippen LogP contribution is -2.38. The maximum absolute atomic E-state index is 11.4. The summed E-state index contributed by atoms with van der Waals surface area (Å²) in [4.78, 5) is 21.7. The summed E-state index contributed by atoms with van der Waals surface area (Å²) in [7, 11) is 0. The SMILES string of the molecule is O=C(O)CNC(=O)NCc1cccc2ccccc12. The number of hydrogen-bond acceptors (Lipinski definition) is 2. The van der Waals surface area contributed by atoms with Crippen molar-refractivity contribution in [1.29, 1.82) is 0 Å². The van der Waals surface area contributed by atoms with Crippen LogP contribution < -0.4 is 10.6 Å². The smallest absolute Gasteiger partial charge is 0.323 e. The third kappa shape index (κ3) is 3.45. The summed E-state index contributed by atoms with van der Waals surface area (Å²) in [5, 5.41) is 15.5. The zero-order valence-corrected chi connectivity index (χ0v) is 10.2. The second-order valence-corrected chi connectivity index (χ2v) is 4.07. The number of benzene rings is 2. The number of carboxylic acids is 1. The minimum atomic E-state index is -1.07. The van der Waals surface area contributed by atoms with Crippen LogP contribution in [0.3, 0.4) is 0 Å². The van der Waals surface area contributed by atoms with Gasteiger partial charge >= 0.3 is 12.0 Å². The second kappa shape index (κ2) is 5.86. The van der Waals surface area contributed by atoms with Gasteiger partial charge in [-0.3, -0.25) is 4.79 Å². The van der Waals surface area contributed by atoms with Crippen molar-refractivity contribution in [3.05, 3.63) is 48.0 Å². The van der Waals surface area contributed by atoms with Crippen LogP contribution in [0, 0.1) is 0 Å². The van der Waals surface area contributed by atoms with Crippen molar-refractivity contribution in [1.82, 2.24) is 10.6 Å². The molecule has 0 aromatic heterocycles. The van der Waals surface area contributed by atoms with Crippen molar-refractivity contribution in [2.24, 2.45) is 0 Å². The number of aliphatic carboxylic acids is 1. The zero-order valence-electron chi connectivity index (χ0n) is 10.2. The van der Waals surface area contributed by atoms with Gasteiger partial charge < -0.3 is 15.7 Å². The summed E-state index contributed by atoms with van der Waals surface area (Å²) in [6, 6.07) is 13.3. The van der Waals surface area contributed by atoms with Crippen LogP contribution in [0.5, 0.6) is 0 Å². The van der Waals surface area contributed by atoms with Gasteiger partial charge in [-0.1, -0.05) is 42.5 Å². The highest BCUT2D eigenvalue weighted by atomic mass is 16.4. The highest BCUT2D eigenvalue weighted by Gasteiger charge is 2.04. The third-order valence-corrected chi connectivity index (χ3v) is 2.72. The van der Waals surface area contributed by atoms with Crippen LogP contribution in [-0.2, 0) is 11.3 Å². The fourth-order valence-electron chi connectivity index (χ4n) is 1.84. The number of carbonyl (C=O) groups is 2. The minimum Gasteiger partial charge on any atom is -0.480 e. The number of carboxylic acid groups (broad SMARTS) is 1. The standard InChI is InChI=1S/C14H14N2O3/c17-13(18)9-16-14(19)15-8-11-6-3-5-10-4-1-2-7-12(10)11/h1-7H,8-9H2,(H,17,18)(H2,15,16,19). The highest BCUT2D eigenvalue weighted by Crippen LogP contribution is 2.17. The van der Waals surface area contributed by atoms with E-state index in [9.17, 15) is 9.59 Å². The van der Waals surface area contributed by atoms with Crippen LogP contribution in [0.25, 0.3) is 10.8 Å². The average molecular weight is 258 g/mol. The molecule has 0 saturated heterocycles. The van der Waals surface area contributed by atoms with E-state index < -0.39 is 12.0 Å². The van der Waals surface area contributed by atoms with Crippen LogP contribution in [-0.4, -0.2) is 23.7 Å². The second-order valence-electron chi connectivity index (χ2n) is 4.07. The molecule has 2 aromatic rings. The van der Waals surface area contributed by atoms with E-state index in [1.54, 1.807) is 0 Å². The van der Waals surface area contributed by atoms with Crippen molar-refractivity contribution < 1.29 is 14.7 Å². The van der Waals surface area contributed by atoms with Gasteiger partial charge in [0.25, 0.3) is 0 Å². The van der Waals surface area contributed by atoms with Crippen molar-refractivity contribution in [3.63, 3.8) is 0 Å². The van der Waals surface area contributed by atoms with Crippen molar-refractivity contribution in [2.45, 2.75) is 6.54 Å². The molecule has 2 aromatic carbocycles. The summed E-state index contributed by atoms with van der Waals surface area (Å²) in [5.41, 5.74) is 0.989. The van der Waals surface area contributed by atoms with Crippen LogP contribution in [0.1, 0.15) is 5.56 Å². The van der Waals surface area contributed by atoms with Gasteiger partial charge in [-0.2, -0.15) is 0 Å². The Hall–Kier alpha value is -2.56. The van der Waals surface area contributed by atoms with Gasteiger partial charge in [0.15, 0.2) is 0 Å². The summed E-state index contributed by atoms with van der Waals surface area (Å²) in [6.45, 7) is -0.0336. The number of nitrogens with one attached hydrogen (secondary N) is 2. The lowest BCUT2D eigenvalue weighted by molar-refractivity contribution is -0.135. The number of carbonyl (C=O) groups excluding carboxylic acids is 1. The molecule has 0 spiro atoms. The molecule has 3 N–H and O–H groups in total. The molecule has 0 bridgehead atoms. The molecule has 0 heterocycles. The molecule has 98 valence electrons. The molecule has 0 aliphatic rings. The highest BCUT2D eigenvalue weighted by molar-refractivity contribution is 5.86. The predicted octanol–water partition coefficient (Wildman–Crippen LogP) is 1.72. The maximum atomic E-state index is 11.4. The first kappa shape index (κ1) is 12.9. The quantitative estimate of drug-likeness (QED) is 0.781. The average Bonchev–Trinajstić information content (AvgIpc) is 2.42. The Kier molecular flexibility index (Phi) is 3.97. The monoisotopic (exact) mass is 258 g/mol. The van der Waals surface area contributed by atoms with E-state index in [1.165, 1.54) is 0 Å². The summed E-state index contributed by atoms with van der Waals surface area (Å²) in [6.07, 6.45) is 0. The molecule has 0 aliphatic carbocycles. The van der Waals surface area contributed by atoms with Crippen molar-refractivity contribution in [3.8, 4) is 0 Å². The van der Waals surface area contributed by atoms with Crippen molar-refractivity contribution >= 4 is 22.8 Å². The molecular formula is C14H14N2O3. The zero-order chi connectivity index (χ0) is 13.7. The molecular weight excluding hydrogens is 244 g/mol. The summed E-state index contributed by atoms with van der Waals surface area (Å²) < 4.78 is 0. The largest absolute Gasteiger partial charge is 0.480 e. The van der Waals surface area contributed by atoms with Crippen LogP contribution in [0.4, 0.5) is 4.79 Å². The number of fused-ring (bicyclic) bond motifs is 1. The van der Waals surface area contributed by atoms with E-state index in [2.05, 4.69) is 10.6 Å². The number of urea groups is 1. The molecule has 0 fully saturated rings. The molecule has 0 atom stereocenters. The molecule has 2 amide bonds.